The maximum Gasteiger partial charge on any atom is 0.407 e. The standard InChI is InChI=1S/C27H32N2O5/c1-3-16-29(17-26(31)32)25(30)13-12-19(2)14-15-28-27(33)34-18-24-22-10-6-4-8-20(22)21-9-5-7-11-23(21)24/h3-11,19,24H,1,12-18H2,2H3,(H,28,33)(H,31,32). The first-order valence-corrected chi connectivity index (χ1v) is 11.6. The average Bonchev–Trinajstić information content (AvgIpc) is 3.14. The van der Waals surface area contributed by atoms with E-state index in [9.17, 15) is 14.4 Å². The Bertz CT molecular complexity index is 990. The number of carboxylic acids is 1. The predicted molar refractivity (Wildman–Crippen MR) is 130 cm³/mol. The summed E-state index contributed by atoms with van der Waals surface area (Å²) >= 11 is 0. The number of carbonyl (C=O) groups excluding carboxylic acids is 2. The second-order valence-corrected chi connectivity index (χ2v) is 8.64. The molecule has 2 amide bonds. The van der Waals surface area contributed by atoms with E-state index in [0.717, 1.165) is 0 Å². The normalized spacial score (nSPS) is 12.9. The van der Waals surface area contributed by atoms with E-state index in [1.165, 1.54) is 33.2 Å². The molecule has 180 valence electrons. The number of amides is 2. The zero-order chi connectivity index (χ0) is 24.5. The molecule has 3 rings (SSSR count). The maximum absolute atomic E-state index is 12.3. The fourth-order valence-electron chi connectivity index (χ4n) is 4.32. The quantitative estimate of drug-likeness (QED) is 0.453. The van der Waals surface area contributed by atoms with Crippen molar-refractivity contribution in [1.29, 1.82) is 0 Å². The van der Waals surface area contributed by atoms with Gasteiger partial charge in [0.15, 0.2) is 0 Å². The number of hydrogen-bond donors (Lipinski definition) is 2. The van der Waals surface area contributed by atoms with Crippen LogP contribution in [0.15, 0.2) is 61.2 Å². The minimum absolute atomic E-state index is 0.0207. The second-order valence-electron chi connectivity index (χ2n) is 8.64. The molecule has 0 heterocycles. The summed E-state index contributed by atoms with van der Waals surface area (Å²) in [6.45, 7) is 6.16. The van der Waals surface area contributed by atoms with E-state index >= 15 is 0 Å². The van der Waals surface area contributed by atoms with Gasteiger partial charge in [0.1, 0.15) is 13.2 Å². The molecule has 2 N–H and O–H groups in total. The highest BCUT2D eigenvalue weighted by atomic mass is 16.5. The lowest BCUT2D eigenvalue weighted by Gasteiger charge is -2.20. The van der Waals surface area contributed by atoms with Crippen molar-refractivity contribution in [1.82, 2.24) is 10.2 Å². The van der Waals surface area contributed by atoms with Gasteiger partial charge in [0.25, 0.3) is 0 Å². The summed E-state index contributed by atoms with van der Waals surface area (Å²) in [5.41, 5.74) is 4.71. The summed E-state index contributed by atoms with van der Waals surface area (Å²) in [4.78, 5) is 36.7. The molecule has 7 nitrogen and oxygen atoms in total. The molecule has 0 saturated carbocycles. The molecular weight excluding hydrogens is 432 g/mol. The van der Waals surface area contributed by atoms with Crippen molar-refractivity contribution in [3.8, 4) is 11.1 Å². The number of carbonyl (C=O) groups is 3. The molecule has 0 radical (unpaired) electrons. The number of alkyl carbamates (subject to hydrolysis) is 1. The largest absolute Gasteiger partial charge is 0.480 e. The minimum atomic E-state index is -1.05. The Morgan fingerprint density at radius 2 is 1.71 bits per heavy atom. The van der Waals surface area contributed by atoms with E-state index in [-0.39, 0.29) is 43.9 Å². The van der Waals surface area contributed by atoms with Crippen LogP contribution >= 0.6 is 0 Å². The topological polar surface area (TPSA) is 95.9 Å². The van der Waals surface area contributed by atoms with Gasteiger partial charge in [-0.3, -0.25) is 9.59 Å². The van der Waals surface area contributed by atoms with Crippen LogP contribution in [-0.2, 0) is 14.3 Å². The number of nitrogens with one attached hydrogen (secondary N) is 1. The van der Waals surface area contributed by atoms with Crippen LogP contribution in [0.2, 0.25) is 0 Å². The van der Waals surface area contributed by atoms with Gasteiger partial charge in [0, 0.05) is 25.4 Å². The van der Waals surface area contributed by atoms with Crippen LogP contribution in [0.3, 0.4) is 0 Å². The monoisotopic (exact) mass is 464 g/mol. The number of benzene rings is 2. The van der Waals surface area contributed by atoms with Gasteiger partial charge in [0.2, 0.25) is 5.91 Å². The molecule has 0 spiro atoms. The smallest absolute Gasteiger partial charge is 0.407 e. The van der Waals surface area contributed by atoms with Crippen molar-refractivity contribution in [2.24, 2.45) is 5.92 Å². The lowest BCUT2D eigenvalue weighted by molar-refractivity contribution is -0.144. The second kappa shape index (κ2) is 12.0. The molecule has 1 unspecified atom stereocenters. The summed E-state index contributed by atoms with van der Waals surface area (Å²) in [6, 6.07) is 16.4. The first-order valence-electron chi connectivity index (χ1n) is 11.6. The van der Waals surface area contributed by atoms with Crippen LogP contribution in [0.5, 0.6) is 0 Å². The van der Waals surface area contributed by atoms with E-state index in [2.05, 4.69) is 36.2 Å². The molecule has 0 aliphatic heterocycles. The molecule has 34 heavy (non-hydrogen) atoms. The Morgan fingerprint density at radius 1 is 1.09 bits per heavy atom. The zero-order valence-electron chi connectivity index (χ0n) is 19.5. The van der Waals surface area contributed by atoms with Gasteiger partial charge in [-0.05, 0) is 41.0 Å². The number of carboxylic acid groups (broad SMARTS) is 1. The van der Waals surface area contributed by atoms with Gasteiger partial charge >= 0.3 is 12.1 Å². The third-order valence-corrected chi connectivity index (χ3v) is 6.13. The number of aliphatic carboxylic acids is 1. The summed E-state index contributed by atoms with van der Waals surface area (Å²) in [7, 11) is 0. The highest BCUT2D eigenvalue weighted by molar-refractivity contribution is 5.81. The molecule has 0 aromatic heterocycles. The highest BCUT2D eigenvalue weighted by Crippen LogP contribution is 2.44. The highest BCUT2D eigenvalue weighted by Gasteiger charge is 2.29. The van der Waals surface area contributed by atoms with Crippen LogP contribution in [0.4, 0.5) is 4.79 Å². The van der Waals surface area contributed by atoms with Crippen molar-refractivity contribution in [2.75, 3.05) is 26.2 Å². The van der Waals surface area contributed by atoms with Gasteiger partial charge in [-0.2, -0.15) is 0 Å². The third kappa shape index (κ3) is 6.47. The Labute approximate surface area is 200 Å². The number of ether oxygens (including phenoxy) is 1. The van der Waals surface area contributed by atoms with E-state index < -0.39 is 12.1 Å². The van der Waals surface area contributed by atoms with Crippen molar-refractivity contribution < 1.29 is 24.2 Å². The van der Waals surface area contributed by atoms with E-state index in [4.69, 9.17) is 9.84 Å². The van der Waals surface area contributed by atoms with Crippen LogP contribution in [0.25, 0.3) is 11.1 Å². The van der Waals surface area contributed by atoms with Gasteiger partial charge in [-0.25, -0.2) is 4.79 Å². The van der Waals surface area contributed by atoms with Gasteiger partial charge in [0.05, 0.1) is 0 Å². The van der Waals surface area contributed by atoms with Crippen molar-refractivity contribution in [2.45, 2.75) is 32.1 Å². The van der Waals surface area contributed by atoms with E-state index in [0.29, 0.717) is 19.4 Å². The first-order chi connectivity index (χ1) is 16.4. The third-order valence-electron chi connectivity index (χ3n) is 6.13. The molecule has 2 aromatic rings. The zero-order valence-corrected chi connectivity index (χ0v) is 19.5. The van der Waals surface area contributed by atoms with Crippen molar-refractivity contribution in [3.05, 3.63) is 72.3 Å². The maximum atomic E-state index is 12.3. The fraction of sp³-hybridized carbons (Fsp3) is 0.370. The van der Waals surface area contributed by atoms with Crippen LogP contribution in [-0.4, -0.2) is 54.2 Å². The number of nitrogens with zero attached hydrogens (tertiary/aromatic N) is 1. The van der Waals surface area contributed by atoms with Crippen LogP contribution < -0.4 is 5.32 Å². The predicted octanol–water partition coefficient (Wildman–Crippen LogP) is 4.43. The fourth-order valence-corrected chi connectivity index (χ4v) is 4.32. The Kier molecular flexibility index (Phi) is 8.85. The Balaban J connectivity index is 1.40. The number of rotatable bonds is 12. The van der Waals surface area contributed by atoms with Gasteiger partial charge in [-0.1, -0.05) is 61.5 Å². The molecular formula is C27H32N2O5. The summed E-state index contributed by atoms with van der Waals surface area (Å²) in [5, 5.41) is 11.7. The Hall–Kier alpha value is -3.61. The van der Waals surface area contributed by atoms with Gasteiger partial charge in [-0.15, -0.1) is 6.58 Å². The molecule has 7 heteroatoms. The molecule has 2 aromatic carbocycles. The van der Waals surface area contributed by atoms with Crippen molar-refractivity contribution in [3.63, 3.8) is 0 Å². The lowest BCUT2D eigenvalue weighted by Crippen LogP contribution is -2.35. The molecule has 0 saturated heterocycles. The van der Waals surface area contributed by atoms with Crippen LogP contribution in [0.1, 0.15) is 43.2 Å². The summed E-state index contributed by atoms with van der Waals surface area (Å²) in [6.07, 6.45) is 2.62. The molecule has 0 fully saturated rings. The van der Waals surface area contributed by atoms with Crippen molar-refractivity contribution >= 4 is 18.0 Å². The average molecular weight is 465 g/mol. The minimum Gasteiger partial charge on any atom is -0.480 e. The summed E-state index contributed by atoms with van der Waals surface area (Å²) < 4.78 is 5.54. The SMILES string of the molecule is C=CCN(CC(=O)O)C(=O)CCC(C)CCNC(=O)OCC1c2ccccc2-c2ccccc21. The number of hydrogen-bond acceptors (Lipinski definition) is 4. The molecule has 1 aliphatic carbocycles. The summed E-state index contributed by atoms with van der Waals surface area (Å²) in [5.74, 6) is -1.05. The lowest BCUT2D eigenvalue weighted by atomic mass is 9.98. The Morgan fingerprint density at radius 3 is 2.29 bits per heavy atom. The van der Waals surface area contributed by atoms with E-state index in [1.54, 1.807) is 0 Å². The molecule has 1 aliphatic rings. The first kappa shape index (κ1) is 25.0. The van der Waals surface area contributed by atoms with Crippen LogP contribution in [0, 0.1) is 5.92 Å². The van der Waals surface area contributed by atoms with Gasteiger partial charge < -0.3 is 20.1 Å². The number of fused-ring (bicyclic) bond motifs is 3. The molecule has 0 bridgehead atoms. The van der Waals surface area contributed by atoms with E-state index in [1.807, 2.05) is 31.2 Å². The molecule has 1 atom stereocenters.